The highest BCUT2D eigenvalue weighted by Crippen LogP contribution is 2.45. The summed E-state index contributed by atoms with van der Waals surface area (Å²) in [6.45, 7) is 0.769. The smallest absolute Gasteiger partial charge is 0.251 e. The Hall–Kier alpha value is -3.06. The Balaban J connectivity index is 1.35. The summed E-state index contributed by atoms with van der Waals surface area (Å²) < 4.78 is 92.7. The molecule has 2 fully saturated rings. The molecule has 0 spiro atoms. The first-order valence-corrected chi connectivity index (χ1v) is 13.0. The molecule has 2 aliphatic rings. The molecular formula is C25H23F6N5OS. The van der Waals surface area contributed by atoms with Crippen LogP contribution in [0.5, 0.6) is 11.6 Å². The number of alkyl halides is 3. The number of aromatic nitrogens is 3. The van der Waals surface area contributed by atoms with Crippen molar-refractivity contribution in [1.82, 2.24) is 20.3 Å². The van der Waals surface area contributed by atoms with Crippen LogP contribution in [0.2, 0.25) is 0 Å². The number of ether oxygens (including phenoxy) is 1. The van der Waals surface area contributed by atoms with E-state index in [-0.39, 0.29) is 36.9 Å². The number of nitrogens with one attached hydrogen (secondary N) is 2. The fourth-order valence-electron chi connectivity index (χ4n) is 4.31. The topological polar surface area (TPSA) is 72.0 Å². The lowest BCUT2D eigenvalue weighted by atomic mass is 9.82. The van der Waals surface area contributed by atoms with Crippen molar-refractivity contribution in [3.8, 4) is 22.9 Å². The molecule has 38 heavy (non-hydrogen) atoms. The molecular weight excluding hydrogens is 532 g/mol. The van der Waals surface area contributed by atoms with E-state index in [1.165, 1.54) is 12.4 Å². The third kappa shape index (κ3) is 5.53. The number of nitrogens with zero attached hydrogens (tertiary/aromatic N) is 3. The predicted molar refractivity (Wildman–Crippen MR) is 131 cm³/mol. The summed E-state index contributed by atoms with van der Waals surface area (Å²) in [6, 6.07) is 5.37. The van der Waals surface area contributed by atoms with E-state index in [0.717, 1.165) is 0 Å². The minimum Gasteiger partial charge on any atom is -0.435 e. The maximum absolute atomic E-state index is 14.9. The third-order valence-corrected chi connectivity index (χ3v) is 7.51. The SMILES string of the molecule is Fc1cc(Oc2ncccc2-c2ccnc(C3CNCC(F)C3)n2)c(F)c(F)c1NSCC1CCC1(F)F. The molecule has 5 rings (SSSR count). The zero-order valence-corrected chi connectivity index (χ0v) is 20.7. The minimum absolute atomic E-state index is 0.0904. The number of benzene rings is 1. The Bertz CT molecular complexity index is 1320. The van der Waals surface area contributed by atoms with E-state index in [1.54, 1.807) is 18.2 Å². The second-order valence-electron chi connectivity index (χ2n) is 9.22. The van der Waals surface area contributed by atoms with Gasteiger partial charge in [-0.15, -0.1) is 0 Å². The van der Waals surface area contributed by atoms with Crippen LogP contribution in [0.3, 0.4) is 0 Å². The van der Waals surface area contributed by atoms with Gasteiger partial charge >= 0.3 is 0 Å². The van der Waals surface area contributed by atoms with Gasteiger partial charge in [-0.2, -0.15) is 4.39 Å². The summed E-state index contributed by atoms with van der Waals surface area (Å²) in [4.78, 5) is 12.8. The van der Waals surface area contributed by atoms with Crippen LogP contribution in [0.25, 0.3) is 11.3 Å². The predicted octanol–water partition coefficient (Wildman–Crippen LogP) is 6.27. The van der Waals surface area contributed by atoms with Crippen LogP contribution in [-0.2, 0) is 0 Å². The number of anilines is 1. The maximum atomic E-state index is 14.9. The van der Waals surface area contributed by atoms with Gasteiger partial charge in [0.1, 0.15) is 17.7 Å². The lowest BCUT2D eigenvalue weighted by molar-refractivity contribution is -0.121. The first kappa shape index (κ1) is 26.5. The third-order valence-electron chi connectivity index (χ3n) is 6.60. The zero-order valence-electron chi connectivity index (χ0n) is 19.9. The second kappa shape index (κ2) is 11.0. The van der Waals surface area contributed by atoms with E-state index in [9.17, 15) is 26.3 Å². The largest absolute Gasteiger partial charge is 0.435 e. The van der Waals surface area contributed by atoms with Gasteiger partial charge in [0.15, 0.2) is 17.4 Å². The van der Waals surface area contributed by atoms with E-state index in [4.69, 9.17) is 4.74 Å². The van der Waals surface area contributed by atoms with Crippen LogP contribution < -0.4 is 14.8 Å². The Morgan fingerprint density at radius 3 is 2.68 bits per heavy atom. The highest BCUT2D eigenvalue weighted by molar-refractivity contribution is 8.00. The van der Waals surface area contributed by atoms with Crippen molar-refractivity contribution in [2.75, 3.05) is 23.6 Å². The Morgan fingerprint density at radius 2 is 1.95 bits per heavy atom. The Morgan fingerprint density at radius 1 is 1.11 bits per heavy atom. The van der Waals surface area contributed by atoms with Crippen LogP contribution in [0.15, 0.2) is 36.7 Å². The van der Waals surface area contributed by atoms with Gasteiger partial charge < -0.3 is 14.8 Å². The van der Waals surface area contributed by atoms with Crippen molar-refractivity contribution in [2.45, 2.75) is 37.3 Å². The van der Waals surface area contributed by atoms with E-state index in [2.05, 4.69) is 25.0 Å². The van der Waals surface area contributed by atoms with Gasteiger partial charge in [-0.1, -0.05) is 11.9 Å². The normalized spacial score (nSPS) is 22.5. The van der Waals surface area contributed by atoms with Gasteiger partial charge in [0.25, 0.3) is 5.92 Å². The zero-order chi connectivity index (χ0) is 26.9. The van der Waals surface area contributed by atoms with Crippen molar-refractivity contribution in [1.29, 1.82) is 0 Å². The van der Waals surface area contributed by atoms with Gasteiger partial charge in [-0.3, -0.25) is 0 Å². The molecule has 3 unspecified atom stereocenters. The molecule has 3 heterocycles. The van der Waals surface area contributed by atoms with E-state index in [1.807, 2.05) is 0 Å². The van der Waals surface area contributed by atoms with E-state index < -0.39 is 46.9 Å². The molecule has 6 nitrogen and oxygen atoms in total. The maximum Gasteiger partial charge on any atom is 0.251 e. The molecule has 1 saturated heterocycles. The summed E-state index contributed by atoms with van der Waals surface area (Å²) in [5.74, 6) is -8.78. The number of hydrogen-bond acceptors (Lipinski definition) is 7. The van der Waals surface area contributed by atoms with Crippen molar-refractivity contribution in [3.63, 3.8) is 0 Å². The highest BCUT2D eigenvalue weighted by atomic mass is 32.2. The second-order valence-corrected chi connectivity index (χ2v) is 10.0. The average Bonchev–Trinajstić information content (AvgIpc) is 2.91. The van der Waals surface area contributed by atoms with E-state index in [0.29, 0.717) is 48.1 Å². The number of pyridine rings is 1. The van der Waals surface area contributed by atoms with Crippen LogP contribution >= 0.6 is 11.9 Å². The molecule has 2 aromatic heterocycles. The van der Waals surface area contributed by atoms with Crippen molar-refractivity contribution < 1.29 is 31.1 Å². The fourth-order valence-corrected chi connectivity index (χ4v) is 5.33. The quantitative estimate of drug-likeness (QED) is 0.193. The molecule has 13 heteroatoms. The molecule has 1 aromatic carbocycles. The fraction of sp³-hybridized carbons (Fsp3) is 0.400. The first-order valence-electron chi connectivity index (χ1n) is 12.0. The summed E-state index contributed by atoms with van der Waals surface area (Å²) >= 11 is 0.680. The van der Waals surface area contributed by atoms with Gasteiger partial charge in [0.2, 0.25) is 11.7 Å². The number of piperidine rings is 1. The van der Waals surface area contributed by atoms with Gasteiger partial charge in [0, 0.05) is 55.6 Å². The number of rotatable bonds is 8. The Labute approximate surface area is 218 Å². The van der Waals surface area contributed by atoms with Crippen molar-refractivity contribution in [3.05, 3.63) is 59.9 Å². The summed E-state index contributed by atoms with van der Waals surface area (Å²) in [6.07, 6.45) is 2.17. The standard InChI is InChI=1S/C25H23F6N5OS/c26-15-8-13(10-32-11-15)23-33-7-4-18(35-23)16-2-1-6-34-24(16)37-19-9-17(27)22(21(29)20(19)28)36-38-12-14-3-5-25(14,30)31/h1-2,4,6-7,9,13-15,32,36H,3,5,8,10-12H2. The number of halogens is 6. The molecule has 1 saturated carbocycles. The first-order chi connectivity index (χ1) is 18.2. The summed E-state index contributed by atoms with van der Waals surface area (Å²) in [7, 11) is 0. The lowest BCUT2D eigenvalue weighted by Crippen LogP contribution is -2.40. The molecule has 3 aromatic rings. The lowest BCUT2D eigenvalue weighted by Gasteiger charge is -2.35. The van der Waals surface area contributed by atoms with Crippen molar-refractivity contribution in [2.24, 2.45) is 5.92 Å². The van der Waals surface area contributed by atoms with Crippen LogP contribution in [0.4, 0.5) is 32.0 Å². The Kier molecular flexibility index (Phi) is 7.66. The van der Waals surface area contributed by atoms with Gasteiger partial charge in [0.05, 0.1) is 11.3 Å². The molecule has 1 aliphatic heterocycles. The number of hydrogen-bond donors (Lipinski definition) is 2. The van der Waals surface area contributed by atoms with Gasteiger partial charge in [-0.25, -0.2) is 36.9 Å². The highest BCUT2D eigenvalue weighted by Gasteiger charge is 2.47. The van der Waals surface area contributed by atoms with Crippen LogP contribution in [0.1, 0.15) is 31.0 Å². The molecule has 202 valence electrons. The van der Waals surface area contributed by atoms with E-state index >= 15 is 0 Å². The summed E-state index contributed by atoms with van der Waals surface area (Å²) in [5.41, 5.74) is -0.143. The molecule has 2 N–H and O–H groups in total. The van der Waals surface area contributed by atoms with Crippen LogP contribution in [-0.4, -0.2) is 45.9 Å². The average molecular weight is 556 g/mol. The molecule has 0 radical (unpaired) electrons. The molecule has 1 aliphatic carbocycles. The molecule has 0 bridgehead atoms. The molecule has 3 atom stereocenters. The monoisotopic (exact) mass is 555 g/mol. The molecule has 0 amide bonds. The van der Waals surface area contributed by atoms with Crippen LogP contribution in [0, 0.1) is 23.4 Å². The minimum atomic E-state index is -2.80. The van der Waals surface area contributed by atoms with Crippen molar-refractivity contribution >= 4 is 17.6 Å². The summed E-state index contributed by atoms with van der Waals surface area (Å²) in [5, 5.41) is 2.99. The van der Waals surface area contributed by atoms with Gasteiger partial charge in [-0.05, 0) is 31.0 Å².